The highest BCUT2D eigenvalue weighted by Crippen LogP contribution is 2.34. The molecule has 35 heavy (non-hydrogen) atoms. The summed E-state index contributed by atoms with van der Waals surface area (Å²) in [6.45, 7) is 6.51. The van der Waals surface area contributed by atoms with Crippen LogP contribution in [-0.4, -0.2) is 40.0 Å². The highest BCUT2D eigenvalue weighted by Gasteiger charge is 2.28. The number of aromatic nitrogens is 1. The smallest absolute Gasteiger partial charge is 0.326 e. The third kappa shape index (κ3) is 6.72. The number of nitrogens with zero attached hydrogens (tertiary/aromatic N) is 1. The standard InChI is InChI=1S/C27H32N2O4S2/c1-5-27(3,24-15-28-17-35-24)33-16-19-10-11-21(22(14-19)20-9-7-6-8-18(20)2)25(30)29-23(26(31)32)12-13-34-4/h6-11,14-15,17,23H,5,12-13,16H2,1-4H3,(H,29,30)(H,31,32)/t23-,27?/m0/s1. The second-order valence-electron chi connectivity index (χ2n) is 8.58. The van der Waals surface area contributed by atoms with Crippen molar-refractivity contribution in [3.8, 4) is 11.1 Å². The van der Waals surface area contributed by atoms with Crippen molar-refractivity contribution >= 4 is 35.0 Å². The zero-order chi connectivity index (χ0) is 25.4. The van der Waals surface area contributed by atoms with E-state index in [1.807, 2.05) is 55.8 Å². The number of aryl methyl sites for hydroxylation is 1. The summed E-state index contributed by atoms with van der Waals surface area (Å²) in [5.41, 5.74) is 5.44. The monoisotopic (exact) mass is 512 g/mol. The number of rotatable bonds is 12. The normalized spacial score (nSPS) is 13.7. The maximum absolute atomic E-state index is 13.2. The van der Waals surface area contributed by atoms with Crippen molar-refractivity contribution in [2.45, 2.75) is 51.9 Å². The number of carboxylic acids is 1. The molecule has 0 saturated carbocycles. The first-order valence-electron chi connectivity index (χ1n) is 11.5. The van der Waals surface area contributed by atoms with Crippen LogP contribution in [0, 0.1) is 6.92 Å². The Morgan fingerprint density at radius 3 is 2.63 bits per heavy atom. The lowest BCUT2D eigenvalue weighted by Gasteiger charge is -2.27. The van der Waals surface area contributed by atoms with E-state index in [-0.39, 0.29) is 0 Å². The number of aliphatic carboxylic acids is 1. The van der Waals surface area contributed by atoms with Crippen molar-refractivity contribution in [3.05, 3.63) is 75.7 Å². The number of ether oxygens (including phenoxy) is 1. The van der Waals surface area contributed by atoms with Gasteiger partial charge in [-0.3, -0.25) is 9.78 Å². The molecule has 6 nitrogen and oxygen atoms in total. The molecule has 3 rings (SSSR count). The zero-order valence-corrected chi connectivity index (χ0v) is 22.2. The number of thiazole rings is 1. The van der Waals surface area contributed by atoms with Gasteiger partial charge in [-0.05, 0) is 73.1 Å². The minimum absolute atomic E-state index is 0.362. The molecule has 0 spiro atoms. The largest absolute Gasteiger partial charge is 0.480 e. The molecule has 0 fully saturated rings. The van der Waals surface area contributed by atoms with Gasteiger partial charge in [-0.2, -0.15) is 11.8 Å². The molecular formula is C27H32N2O4S2. The number of carbonyl (C=O) groups excluding carboxylic acids is 1. The summed E-state index contributed by atoms with van der Waals surface area (Å²) in [6.07, 6.45) is 4.92. The molecule has 0 saturated heterocycles. The summed E-state index contributed by atoms with van der Waals surface area (Å²) in [5.74, 6) is -0.780. The fraction of sp³-hybridized carbons (Fsp3) is 0.370. The Morgan fingerprint density at radius 2 is 2.00 bits per heavy atom. The van der Waals surface area contributed by atoms with E-state index in [0.717, 1.165) is 33.6 Å². The average Bonchev–Trinajstić information content (AvgIpc) is 3.41. The number of carboxylic acid groups (broad SMARTS) is 1. The minimum atomic E-state index is -1.03. The number of carbonyl (C=O) groups is 2. The number of benzene rings is 2. The van der Waals surface area contributed by atoms with Crippen LogP contribution in [-0.2, 0) is 21.7 Å². The van der Waals surface area contributed by atoms with Gasteiger partial charge in [-0.25, -0.2) is 4.79 Å². The predicted octanol–water partition coefficient (Wildman–Crippen LogP) is 5.90. The number of nitrogens with one attached hydrogen (secondary N) is 1. The Bertz CT molecular complexity index is 1150. The summed E-state index contributed by atoms with van der Waals surface area (Å²) in [7, 11) is 0. The summed E-state index contributed by atoms with van der Waals surface area (Å²) in [4.78, 5) is 30.2. The van der Waals surface area contributed by atoms with Crippen molar-refractivity contribution in [1.82, 2.24) is 10.3 Å². The maximum Gasteiger partial charge on any atom is 0.326 e. The van der Waals surface area contributed by atoms with Gasteiger partial charge < -0.3 is 15.2 Å². The lowest BCUT2D eigenvalue weighted by atomic mass is 9.93. The number of hydrogen-bond donors (Lipinski definition) is 2. The van der Waals surface area contributed by atoms with Crippen LogP contribution in [0.25, 0.3) is 11.1 Å². The van der Waals surface area contributed by atoms with Crippen molar-refractivity contribution in [1.29, 1.82) is 0 Å². The summed E-state index contributed by atoms with van der Waals surface area (Å²) in [5, 5.41) is 12.3. The molecule has 0 aliphatic carbocycles. The van der Waals surface area contributed by atoms with Crippen LogP contribution < -0.4 is 5.32 Å². The molecule has 8 heteroatoms. The number of amides is 1. The molecule has 0 bridgehead atoms. The van der Waals surface area contributed by atoms with Gasteiger partial charge >= 0.3 is 5.97 Å². The van der Waals surface area contributed by atoms with Crippen molar-refractivity contribution < 1.29 is 19.4 Å². The molecule has 0 aliphatic heterocycles. The van der Waals surface area contributed by atoms with Gasteiger partial charge in [0.1, 0.15) is 11.6 Å². The Kier molecular flexibility index (Phi) is 9.48. The van der Waals surface area contributed by atoms with E-state index >= 15 is 0 Å². The van der Waals surface area contributed by atoms with Crippen LogP contribution in [0.3, 0.4) is 0 Å². The van der Waals surface area contributed by atoms with E-state index in [9.17, 15) is 14.7 Å². The first-order chi connectivity index (χ1) is 16.8. The van der Waals surface area contributed by atoms with Gasteiger partial charge in [0.05, 0.1) is 17.0 Å². The zero-order valence-electron chi connectivity index (χ0n) is 20.5. The van der Waals surface area contributed by atoms with Crippen LogP contribution in [0.5, 0.6) is 0 Å². The first-order valence-corrected chi connectivity index (χ1v) is 13.8. The van der Waals surface area contributed by atoms with E-state index in [2.05, 4.69) is 24.1 Å². The molecule has 0 aliphatic rings. The van der Waals surface area contributed by atoms with Gasteiger partial charge in [0.2, 0.25) is 0 Å². The quantitative estimate of drug-likeness (QED) is 0.314. The van der Waals surface area contributed by atoms with Crippen LogP contribution in [0.2, 0.25) is 0 Å². The number of thioether (sulfide) groups is 1. The fourth-order valence-corrected chi connectivity index (χ4v) is 5.05. The fourth-order valence-electron chi connectivity index (χ4n) is 3.77. The molecule has 1 heterocycles. The van der Waals surface area contributed by atoms with Crippen LogP contribution in [0.15, 0.2) is 54.2 Å². The molecule has 186 valence electrons. The summed E-state index contributed by atoms with van der Waals surface area (Å²) >= 11 is 3.12. The second-order valence-corrected chi connectivity index (χ2v) is 10.5. The molecule has 1 unspecified atom stereocenters. The van der Waals surface area contributed by atoms with Gasteiger partial charge in [-0.1, -0.05) is 37.3 Å². The average molecular weight is 513 g/mol. The highest BCUT2D eigenvalue weighted by atomic mass is 32.2. The summed E-state index contributed by atoms with van der Waals surface area (Å²) < 4.78 is 6.36. The molecule has 0 radical (unpaired) electrons. The SMILES string of the molecule is CCC(C)(OCc1ccc(C(=O)N[C@@H](CCSC)C(=O)O)c(-c2ccccc2C)c1)c1cncs1. The predicted molar refractivity (Wildman–Crippen MR) is 143 cm³/mol. The molecule has 3 aromatic rings. The minimum Gasteiger partial charge on any atom is -0.480 e. The molecule has 1 aromatic heterocycles. The lowest BCUT2D eigenvalue weighted by Crippen LogP contribution is -2.41. The van der Waals surface area contributed by atoms with E-state index in [4.69, 9.17) is 4.74 Å². The Labute approximate surface area is 215 Å². The summed E-state index contributed by atoms with van der Waals surface area (Å²) in [6, 6.07) is 12.5. The number of hydrogen-bond acceptors (Lipinski definition) is 6. The van der Waals surface area contributed by atoms with Gasteiger partial charge in [0, 0.05) is 11.8 Å². The van der Waals surface area contributed by atoms with E-state index < -0.39 is 23.5 Å². The van der Waals surface area contributed by atoms with Crippen molar-refractivity contribution in [2.24, 2.45) is 0 Å². The lowest BCUT2D eigenvalue weighted by molar-refractivity contribution is -0.139. The molecule has 2 atom stereocenters. The third-order valence-corrected chi connectivity index (χ3v) is 7.83. The van der Waals surface area contributed by atoms with Gasteiger partial charge in [0.25, 0.3) is 5.91 Å². The van der Waals surface area contributed by atoms with E-state index in [1.165, 1.54) is 0 Å². The Balaban J connectivity index is 1.93. The van der Waals surface area contributed by atoms with Crippen molar-refractivity contribution in [3.63, 3.8) is 0 Å². The first kappa shape index (κ1) is 26.9. The van der Waals surface area contributed by atoms with Crippen LogP contribution >= 0.6 is 23.1 Å². The Morgan fingerprint density at radius 1 is 1.23 bits per heavy atom. The van der Waals surface area contributed by atoms with Crippen LogP contribution in [0.4, 0.5) is 0 Å². The van der Waals surface area contributed by atoms with Crippen LogP contribution in [0.1, 0.15) is 53.1 Å². The molecule has 1 amide bonds. The topological polar surface area (TPSA) is 88.5 Å². The van der Waals surface area contributed by atoms with Crippen molar-refractivity contribution in [2.75, 3.05) is 12.0 Å². The second kappa shape index (κ2) is 12.3. The third-order valence-electron chi connectivity index (χ3n) is 6.16. The van der Waals surface area contributed by atoms with Gasteiger partial charge in [0.15, 0.2) is 0 Å². The van der Waals surface area contributed by atoms with Gasteiger partial charge in [-0.15, -0.1) is 11.3 Å². The molecule has 2 aromatic carbocycles. The molecule has 2 N–H and O–H groups in total. The van der Waals surface area contributed by atoms with E-state index in [0.29, 0.717) is 24.3 Å². The molecular weight excluding hydrogens is 480 g/mol. The maximum atomic E-state index is 13.2. The van der Waals surface area contributed by atoms with E-state index in [1.54, 1.807) is 34.7 Å². The highest BCUT2D eigenvalue weighted by molar-refractivity contribution is 7.98. The Hall–Kier alpha value is -2.68.